The summed E-state index contributed by atoms with van der Waals surface area (Å²) in [5.74, 6) is 1.82. The maximum absolute atomic E-state index is 13.1. The van der Waals surface area contributed by atoms with Crippen molar-refractivity contribution >= 4 is 22.7 Å². The van der Waals surface area contributed by atoms with Crippen molar-refractivity contribution in [2.45, 2.75) is 12.2 Å². The van der Waals surface area contributed by atoms with E-state index in [1.165, 1.54) is 12.1 Å². The highest BCUT2D eigenvalue weighted by atomic mass is 32.2. The molecule has 2 heterocycles. The van der Waals surface area contributed by atoms with Gasteiger partial charge >= 0.3 is 0 Å². The van der Waals surface area contributed by atoms with Crippen molar-refractivity contribution in [3.05, 3.63) is 35.8 Å². The van der Waals surface area contributed by atoms with Crippen LogP contribution in [0.1, 0.15) is 11.9 Å². The third kappa shape index (κ3) is 2.25. The summed E-state index contributed by atoms with van der Waals surface area (Å²) >= 11 is 1.75. The van der Waals surface area contributed by atoms with E-state index in [2.05, 4.69) is 0 Å². The van der Waals surface area contributed by atoms with Crippen molar-refractivity contribution in [3.63, 3.8) is 0 Å². The van der Waals surface area contributed by atoms with Crippen LogP contribution in [0.3, 0.4) is 0 Å². The van der Waals surface area contributed by atoms with Crippen LogP contribution in [0.5, 0.6) is 0 Å². The lowest BCUT2D eigenvalue weighted by Crippen LogP contribution is -2.29. The number of fused-ring (bicyclic) bond motifs is 1. The zero-order valence-corrected chi connectivity index (χ0v) is 10.5. The number of aliphatic hydroxyl groups is 1. The van der Waals surface area contributed by atoms with Crippen molar-refractivity contribution < 1.29 is 18.7 Å². The van der Waals surface area contributed by atoms with Crippen LogP contribution in [-0.4, -0.2) is 29.3 Å². The maximum Gasteiger partial charge on any atom is 0.138 e. The summed E-state index contributed by atoms with van der Waals surface area (Å²) in [5.41, 5.74) is 0.578. The second kappa shape index (κ2) is 4.91. The van der Waals surface area contributed by atoms with E-state index in [1.54, 1.807) is 23.9 Å². The minimum Gasteiger partial charge on any atom is -0.458 e. The Bertz CT molecular complexity index is 548. The topological polar surface area (TPSA) is 42.6 Å². The van der Waals surface area contributed by atoms with Gasteiger partial charge in [0.25, 0.3) is 0 Å². The molecule has 0 spiro atoms. The number of rotatable bonds is 2. The Morgan fingerprint density at radius 1 is 1.39 bits per heavy atom. The summed E-state index contributed by atoms with van der Waals surface area (Å²) in [6.07, 6.45) is -1.05. The predicted octanol–water partition coefficient (Wildman–Crippen LogP) is 2.74. The lowest BCUT2D eigenvalue weighted by Gasteiger charge is -2.25. The standard InChI is InChI=1S/C13H13FO3S/c14-9-1-2-10-8(5-9)6-11(17-10)13(15)12-7-18-4-3-16-12/h1-2,5-6,12-13,15H,3-4,7H2. The molecule has 18 heavy (non-hydrogen) atoms. The highest BCUT2D eigenvalue weighted by Gasteiger charge is 2.27. The van der Waals surface area contributed by atoms with Gasteiger partial charge in [0.2, 0.25) is 0 Å². The largest absolute Gasteiger partial charge is 0.458 e. The number of aliphatic hydroxyl groups excluding tert-OH is 1. The Hall–Kier alpha value is -1.04. The Morgan fingerprint density at radius 3 is 3.06 bits per heavy atom. The van der Waals surface area contributed by atoms with Gasteiger partial charge in [-0.05, 0) is 24.3 Å². The average Bonchev–Trinajstić information content (AvgIpc) is 2.81. The number of hydrogen-bond acceptors (Lipinski definition) is 4. The molecule has 1 saturated heterocycles. The van der Waals surface area contributed by atoms with Crippen molar-refractivity contribution in [1.29, 1.82) is 0 Å². The van der Waals surface area contributed by atoms with E-state index in [-0.39, 0.29) is 11.9 Å². The Balaban J connectivity index is 1.88. The van der Waals surface area contributed by atoms with E-state index in [0.29, 0.717) is 23.3 Å². The number of hydrogen-bond donors (Lipinski definition) is 1. The SMILES string of the molecule is OC(c1cc2cc(F)ccc2o1)C1CSCCO1. The second-order valence-electron chi connectivity index (χ2n) is 4.26. The summed E-state index contributed by atoms with van der Waals surface area (Å²) in [7, 11) is 0. The highest BCUT2D eigenvalue weighted by molar-refractivity contribution is 7.99. The van der Waals surface area contributed by atoms with Crippen LogP contribution in [0.4, 0.5) is 4.39 Å². The molecule has 96 valence electrons. The molecule has 2 atom stereocenters. The van der Waals surface area contributed by atoms with Gasteiger partial charge in [0, 0.05) is 16.9 Å². The molecule has 1 N–H and O–H groups in total. The van der Waals surface area contributed by atoms with Crippen molar-refractivity contribution in [2.24, 2.45) is 0 Å². The first-order chi connectivity index (χ1) is 8.74. The molecule has 2 aromatic rings. The fourth-order valence-corrected chi connectivity index (χ4v) is 2.94. The molecular formula is C13H13FO3S. The molecule has 0 saturated carbocycles. The first kappa shape index (κ1) is 12.0. The van der Waals surface area contributed by atoms with Gasteiger partial charge < -0.3 is 14.3 Å². The molecule has 0 bridgehead atoms. The third-order valence-electron chi connectivity index (χ3n) is 2.98. The number of furan rings is 1. The van der Waals surface area contributed by atoms with Gasteiger partial charge in [-0.1, -0.05) is 0 Å². The first-order valence-electron chi connectivity index (χ1n) is 5.80. The highest BCUT2D eigenvalue weighted by Crippen LogP contribution is 2.30. The quantitative estimate of drug-likeness (QED) is 0.909. The Kier molecular flexibility index (Phi) is 3.28. The summed E-state index contributed by atoms with van der Waals surface area (Å²) in [5, 5.41) is 10.8. The lowest BCUT2D eigenvalue weighted by atomic mass is 10.1. The second-order valence-corrected chi connectivity index (χ2v) is 5.41. The molecule has 1 aliphatic heterocycles. The van der Waals surface area contributed by atoms with E-state index in [0.717, 1.165) is 11.5 Å². The van der Waals surface area contributed by atoms with Gasteiger partial charge in [-0.25, -0.2) is 4.39 Å². The molecule has 1 aromatic heterocycles. The molecule has 3 rings (SSSR count). The monoisotopic (exact) mass is 268 g/mol. The minimum atomic E-state index is -0.798. The van der Waals surface area contributed by atoms with Gasteiger partial charge in [0.15, 0.2) is 0 Å². The van der Waals surface area contributed by atoms with E-state index in [9.17, 15) is 9.50 Å². The number of ether oxygens (including phenoxy) is 1. The number of halogens is 1. The molecular weight excluding hydrogens is 255 g/mol. The maximum atomic E-state index is 13.1. The molecule has 0 radical (unpaired) electrons. The van der Waals surface area contributed by atoms with E-state index < -0.39 is 6.10 Å². The fraction of sp³-hybridized carbons (Fsp3) is 0.385. The summed E-state index contributed by atoms with van der Waals surface area (Å²) in [6.45, 7) is 0.640. The van der Waals surface area contributed by atoms with E-state index in [4.69, 9.17) is 9.15 Å². The Labute approximate surface area is 108 Å². The first-order valence-corrected chi connectivity index (χ1v) is 6.96. The zero-order chi connectivity index (χ0) is 12.5. The summed E-state index contributed by atoms with van der Waals surface area (Å²) in [6, 6.07) is 5.98. The average molecular weight is 268 g/mol. The van der Waals surface area contributed by atoms with Crippen LogP contribution in [0, 0.1) is 5.82 Å². The van der Waals surface area contributed by atoms with Gasteiger partial charge in [0.1, 0.15) is 23.3 Å². The molecule has 1 aromatic carbocycles. The fourth-order valence-electron chi connectivity index (χ4n) is 2.05. The molecule has 1 aliphatic rings. The van der Waals surface area contributed by atoms with Gasteiger partial charge in [-0.15, -0.1) is 0 Å². The summed E-state index contributed by atoms with van der Waals surface area (Å²) in [4.78, 5) is 0. The summed E-state index contributed by atoms with van der Waals surface area (Å²) < 4.78 is 24.1. The van der Waals surface area contributed by atoms with Gasteiger partial charge in [-0.3, -0.25) is 0 Å². The zero-order valence-electron chi connectivity index (χ0n) is 9.64. The Morgan fingerprint density at radius 2 is 2.28 bits per heavy atom. The van der Waals surface area contributed by atoms with E-state index in [1.807, 2.05) is 0 Å². The van der Waals surface area contributed by atoms with Gasteiger partial charge in [0.05, 0.1) is 12.7 Å². The molecule has 1 fully saturated rings. The molecule has 0 aliphatic carbocycles. The molecule has 5 heteroatoms. The van der Waals surface area contributed by atoms with Crippen LogP contribution in [-0.2, 0) is 4.74 Å². The lowest BCUT2D eigenvalue weighted by molar-refractivity contribution is -0.0311. The minimum absolute atomic E-state index is 0.255. The number of thioether (sulfide) groups is 1. The van der Waals surface area contributed by atoms with Crippen molar-refractivity contribution in [3.8, 4) is 0 Å². The molecule has 0 amide bonds. The normalized spacial score (nSPS) is 22.2. The molecule has 3 nitrogen and oxygen atoms in total. The third-order valence-corrected chi connectivity index (χ3v) is 4.00. The predicted molar refractivity (Wildman–Crippen MR) is 68.2 cm³/mol. The number of benzene rings is 1. The molecule has 2 unspecified atom stereocenters. The van der Waals surface area contributed by atoms with Crippen LogP contribution < -0.4 is 0 Å². The van der Waals surface area contributed by atoms with Crippen LogP contribution in [0.25, 0.3) is 11.0 Å². The van der Waals surface area contributed by atoms with Crippen LogP contribution >= 0.6 is 11.8 Å². The van der Waals surface area contributed by atoms with Crippen molar-refractivity contribution in [1.82, 2.24) is 0 Å². The van der Waals surface area contributed by atoms with Gasteiger partial charge in [-0.2, -0.15) is 11.8 Å². The smallest absolute Gasteiger partial charge is 0.138 e. The van der Waals surface area contributed by atoms with Crippen molar-refractivity contribution in [2.75, 3.05) is 18.1 Å². The van der Waals surface area contributed by atoms with Crippen LogP contribution in [0.2, 0.25) is 0 Å². The van der Waals surface area contributed by atoms with Crippen LogP contribution in [0.15, 0.2) is 28.7 Å². The van der Waals surface area contributed by atoms with E-state index >= 15 is 0 Å².